The van der Waals surface area contributed by atoms with Crippen molar-refractivity contribution in [3.8, 4) is 57.5 Å². The smallest absolute Gasteiger partial charge is 0.545 e. The van der Waals surface area contributed by atoms with E-state index in [9.17, 15) is 39.6 Å². The molecule has 0 saturated heterocycles. The van der Waals surface area contributed by atoms with E-state index in [1.165, 1.54) is 38.1 Å². The van der Waals surface area contributed by atoms with Gasteiger partial charge in [0.1, 0.15) is 57.5 Å². The van der Waals surface area contributed by atoms with Crippen molar-refractivity contribution >= 4 is 23.5 Å². The van der Waals surface area contributed by atoms with E-state index in [0.717, 1.165) is 35.1 Å². The number of carboxylic acids is 2. The SMILES string of the molecule is CCCc1c(OCCCOc2cc(O)c(C(C)=O)cc2CC)cccc1Oc1ccccc1C(=O)[O-].CCCc1c(OCCCOc2cc(O)c(C(C)=O)cc2CC)cccc1Oc1ccccc1C(=O)[O-].O.[Na+].[Na+]. The van der Waals surface area contributed by atoms with Crippen molar-refractivity contribution in [2.45, 2.75) is 92.9 Å². The van der Waals surface area contributed by atoms with Crippen molar-refractivity contribution in [2.75, 3.05) is 26.4 Å². The number of phenols is 2. The van der Waals surface area contributed by atoms with Gasteiger partial charge >= 0.3 is 59.1 Å². The maximum Gasteiger partial charge on any atom is 1.00 e. The van der Waals surface area contributed by atoms with E-state index in [2.05, 4.69) is 0 Å². The number of Topliss-reactive ketones (excluding diaryl/α,β-unsaturated/α-hetero) is 2. The molecule has 0 amide bonds. The topological polar surface area (TPSA) is 242 Å². The average Bonchev–Trinajstić information content (AvgIpc) is 3.35. The third kappa shape index (κ3) is 18.6. The minimum absolute atomic E-state index is 0. The second-order valence-electron chi connectivity index (χ2n) is 16.6. The Kier molecular flexibility index (Phi) is 28.7. The average molecular weight is 1050 g/mol. The zero-order valence-electron chi connectivity index (χ0n) is 44.2. The second kappa shape index (κ2) is 33.1. The van der Waals surface area contributed by atoms with Gasteiger partial charge in [-0.3, -0.25) is 9.59 Å². The Hall–Kier alpha value is -6.04. The van der Waals surface area contributed by atoms with Gasteiger partial charge in [0, 0.05) is 47.2 Å². The molecule has 0 aromatic heterocycles. The third-order valence-corrected chi connectivity index (χ3v) is 11.3. The number of rotatable bonds is 26. The van der Waals surface area contributed by atoms with Crippen LogP contribution in [-0.2, 0) is 25.7 Å². The Balaban J connectivity index is 0.000000494. The van der Waals surface area contributed by atoms with E-state index in [-0.39, 0.29) is 121 Å². The summed E-state index contributed by atoms with van der Waals surface area (Å²) in [5.74, 6) is 0.755. The number of para-hydroxylation sites is 2. The van der Waals surface area contributed by atoms with E-state index in [1.807, 2.05) is 39.8 Å². The summed E-state index contributed by atoms with van der Waals surface area (Å²) in [6, 6.07) is 29.9. The molecule has 15 nitrogen and oxygen atoms in total. The van der Waals surface area contributed by atoms with Crippen LogP contribution in [0, 0.1) is 0 Å². The van der Waals surface area contributed by atoms with Gasteiger partial charge in [0.2, 0.25) is 0 Å². The van der Waals surface area contributed by atoms with Crippen molar-refractivity contribution in [1.29, 1.82) is 0 Å². The molecule has 6 aromatic carbocycles. The molecule has 0 radical (unpaired) electrons. The van der Waals surface area contributed by atoms with Crippen LogP contribution in [0.1, 0.15) is 131 Å². The molecule has 17 heteroatoms. The van der Waals surface area contributed by atoms with Crippen LogP contribution in [0.2, 0.25) is 0 Å². The third-order valence-electron chi connectivity index (χ3n) is 11.3. The molecule has 0 aliphatic carbocycles. The first kappa shape index (κ1) is 65.1. The van der Waals surface area contributed by atoms with Gasteiger partial charge in [0.15, 0.2) is 11.6 Å². The second-order valence-corrected chi connectivity index (χ2v) is 16.6. The Morgan fingerprint density at radius 1 is 0.440 bits per heavy atom. The summed E-state index contributed by atoms with van der Waals surface area (Å²) in [5, 5.41) is 43.1. The number of hydrogen-bond acceptors (Lipinski definition) is 14. The number of ketones is 2. The van der Waals surface area contributed by atoms with Crippen molar-refractivity contribution in [2.24, 2.45) is 0 Å². The van der Waals surface area contributed by atoms with E-state index >= 15 is 0 Å². The number of carbonyl (C=O) groups excluding carboxylic acids is 4. The normalized spacial score (nSPS) is 10.2. The minimum Gasteiger partial charge on any atom is -0.545 e. The van der Waals surface area contributed by atoms with E-state index < -0.39 is 11.9 Å². The maximum atomic E-state index is 11.7. The van der Waals surface area contributed by atoms with Crippen molar-refractivity contribution < 1.29 is 133 Å². The minimum atomic E-state index is -1.30. The summed E-state index contributed by atoms with van der Waals surface area (Å²) in [6.07, 6.45) is 5.59. The predicted molar refractivity (Wildman–Crippen MR) is 272 cm³/mol. The molecule has 0 unspecified atom stereocenters. The summed E-state index contributed by atoms with van der Waals surface area (Å²) in [5.41, 5.74) is 3.95. The fraction of sp³-hybridized carbons (Fsp3) is 0.310. The molecule has 0 fully saturated rings. The molecule has 0 spiro atoms. The molecule has 0 aliphatic rings. The fourth-order valence-corrected chi connectivity index (χ4v) is 7.69. The van der Waals surface area contributed by atoms with Gasteiger partial charge in [-0.25, -0.2) is 0 Å². The van der Waals surface area contributed by atoms with E-state index in [1.54, 1.807) is 72.8 Å². The molecular formula is C58H64Na2O15. The molecule has 0 aliphatic heterocycles. The molecular weight excluding hydrogens is 983 g/mol. The molecule has 388 valence electrons. The number of carbonyl (C=O) groups is 4. The number of aromatic carboxylic acids is 2. The zero-order chi connectivity index (χ0) is 52.2. The van der Waals surface area contributed by atoms with E-state index in [4.69, 9.17) is 28.4 Å². The zero-order valence-corrected chi connectivity index (χ0v) is 48.2. The standard InChI is InChI=1S/2C29H32O7.2Na.H2O/c2*1-4-10-21-25(13-8-14-26(21)36-27-12-7-6-11-22(27)29(32)33)34-15-9-16-35-28-18-24(31)23(19(3)30)17-20(28)5-2;;;/h2*6-8,11-14,17-18,31H,4-5,9-10,15-16H2,1-3H3,(H,32,33);;;1H2/q;;2*+1;/p-2. The maximum absolute atomic E-state index is 11.7. The van der Waals surface area contributed by atoms with Gasteiger partial charge in [0.05, 0.1) is 49.5 Å². The van der Waals surface area contributed by atoms with Crippen LogP contribution in [0.5, 0.6) is 57.5 Å². The summed E-state index contributed by atoms with van der Waals surface area (Å²) in [6.45, 7) is 12.3. The fourth-order valence-electron chi connectivity index (χ4n) is 7.69. The van der Waals surface area contributed by atoms with Crippen LogP contribution in [0.4, 0.5) is 0 Å². The van der Waals surface area contributed by atoms with Crippen LogP contribution in [-0.4, -0.2) is 65.6 Å². The predicted octanol–water partition coefficient (Wildman–Crippen LogP) is 3.41. The number of phenolic OH excluding ortho intramolecular Hbond substituents is 2. The van der Waals surface area contributed by atoms with Crippen molar-refractivity contribution in [3.05, 3.63) is 154 Å². The van der Waals surface area contributed by atoms with E-state index in [0.29, 0.717) is 99.4 Å². The Morgan fingerprint density at radius 2 is 0.760 bits per heavy atom. The number of aryl methyl sites for hydroxylation is 2. The van der Waals surface area contributed by atoms with Crippen LogP contribution in [0.25, 0.3) is 0 Å². The van der Waals surface area contributed by atoms with Crippen LogP contribution >= 0.6 is 0 Å². The van der Waals surface area contributed by atoms with Crippen molar-refractivity contribution in [3.63, 3.8) is 0 Å². The molecule has 0 atom stereocenters. The number of carboxylic acid groups (broad SMARTS) is 2. The molecule has 0 saturated carbocycles. The van der Waals surface area contributed by atoms with Gasteiger partial charge in [-0.05, 0) is 111 Å². The van der Waals surface area contributed by atoms with Crippen LogP contribution < -0.4 is 97.7 Å². The number of benzene rings is 6. The van der Waals surface area contributed by atoms with Gasteiger partial charge in [0.25, 0.3) is 0 Å². The molecule has 6 rings (SSSR count). The summed E-state index contributed by atoms with van der Waals surface area (Å²) in [7, 11) is 0. The number of hydrogen-bond donors (Lipinski definition) is 2. The first-order valence-electron chi connectivity index (χ1n) is 24.2. The molecule has 6 aromatic rings. The Morgan fingerprint density at radius 3 is 1.08 bits per heavy atom. The van der Waals surface area contributed by atoms with Crippen LogP contribution in [0.3, 0.4) is 0 Å². The molecule has 75 heavy (non-hydrogen) atoms. The number of aromatic hydroxyl groups is 2. The quantitative estimate of drug-likeness (QED) is 0.0450. The van der Waals surface area contributed by atoms with Gasteiger partial charge < -0.3 is 63.9 Å². The van der Waals surface area contributed by atoms with Crippen LogP contribution in [0.15, 0.2) is 109 Å². The monoisotopic (exact) mass is 1050 g/mol. The van der Waals surface area contributed by atoms with Crippen molar-refractivity contribution in [1.82, 2.24) is 0 Å². The first-order valence-corrected chi connectivity index (χ1v) is 24.2. The summed E-state index contributed by atoms with van der Waals surface area (Å²) < 4.78 is 35.7. The first-order chi connectivity index (χ1) is 34.7. The summed E-state index contributed by atoms with van der Waals surface area (Å²) in [4.78, 5) is 46.2. The Labute approximate surface area is 483 Å². The molecule has 4 N–H and O–H groups in total. The molecule has 0 heterocycles. The van der Waals surface area contributed by atoms with Gasteiger partial charge in [-0.2, -0.15) is 0 Å². The summed E-state index contributed by atoms with van der Waals surface area (Å²) >= 11 is 0. The van der Waals surface area contributed by atoms with Gasteiger partial charge in [-0.15, -0.1) is 0 Å². The Bertz CT molecular complexity index is 2640. The van der Waals surface area contributed by atoms with Gasteiger partial charge in [-0.1, -0.05) is 76.9 Å². The molecule has 0 bridgehead atoms. The number of ether oxygens (including phenoxy) is 6. The largest absolute Gasteiger partial charge is 1.00 e.